The summed E-state index contributed by atoms with van der Waals surface area (Å²) in [4.78, 5) is 2.59. The van der Waals surface area contributed by atoms with Crippen LogP contribution >= 0.6 is 15.9 Å². The molecule has 1 aliphatic heterocycles. The van der Waals surface area contributed by atoms with Gasteiger partial charge in [0.05, 0.1) is 16.8 Å². The van der Waals surface area contributed by atoms with E-state index in [2.05, 4.69) is 20.8 Å². The van der Waals surface area contributed by atoms with Gasteiger partial charge in [0.15, 0.2) is 0 Å². The maximum Gasteiger partial charge on any atom is 0.136 e. The Labute approximate surface area is 117 Å². The van der Waals surface area contributed by atoms with Crippen molar-refractivity contribution in [2.75, 3.05) is 13.1 Å². The molecule has 0 amide bonds. The molecule has 1 aliphatic carbocycles. The molecule has 3 unspecified atom stereocenters. The molecular formula is C14H21BrN2O. The van der Waals surface area contributed by atoms with Crippen LogP contribution in [-0.2, 0) is 0 Å². The molecule has 1 aromatic heterocycles. The van der Waals surface area contributed by atoms with Crippen molar-refractivity contribution in [3.05, 3.63) is 22.6 Å². The molecule has 2 aliphatic rings. The van der Waals surface area contributed by atoms with Gasteiger partial charge >= 0.3 is 0 Å². The fraction of sp³-hybridized carbons (Fsp3) is 0.714. The molecule has 3 nitrogen and oxygen atoms in total. The Morgan fingerprint density at radius 3 is 2.94 bits per heavy atom. The standard InChI is InChI=1S/C14H21BrN2O/c15-11-6-8-18-14(11)13(9-16)17-7-5-10-3-1-2-4-12(10)17/h6,8,10,12-13H,1-5,7,9,16H2. The summed E-state index contributed by atoms with van der Waals surface area (Å²) in [5, 5.41) is 0. The van der Waals surface area contributed by atoms with Gasteiger partial charge in [-0.15, -0.1) is 0 Å². The van der Waals surface area contributed by atoms with Crippen molar-refractivity contribution in [1.29, 1.82) is 0 Å². The highest BCUT2D eigenvalue weighted by atomic mass is 79.9. The first-order chi connectivity index (χ1) is 8.81. The fourth-order valence-corrected chi connectivity index (χ4v) is 4.23. The topological polar surface area (TPSA) is 42.4 Å². The van der Waals surface area contributed by atoms with E-state index >= 15 is 0 Å². The number of nitrogens with zero attached hydrogens (tertiary/aromatic N) is 1. The lowest BCUT2D eigenvalue weighted by atomic mass is 9.85. The van der Waals surface area contributed by atoms with Crippen LogP contribution in [0.2, 0.25) is 0 Å². The van der Waals surface area contributed by atoms with Crippen molar-refractivity contribution in [2.45, 2.75) is 44.2 Å². The summed E-state index contributed by atoms with van der Waals surface area (Å²) in [6.45, 7) is 1.81. The SMILES string of the molecule is NCC(c1occc1Br)N1CCC2CCCCC21. The quantitative estimate of drug-likeness (QED) is 0.931. The molecule has 0 radical (unpaired) electrons. The Morgan fingerprint density at radius 2 is 2.22 bits per heavy atom. The normalized spacial score (nSPS) is 30.3. The summed E-state index contributed by atoms with van der Waals surface area (Å²) in [7, 11) is 0. The van der Waals surface area contributed by atoms with Gasteiger partial charge in [-0.3, -0.25) is 4.90 Å². The van der Waals surface area contributed by atoms with Gasteiger partial charge in [-0.25, -0.2) is 0 Å². The Morgan fingerprint density at radius 1 is 1.39 bits per heavy atom. The largest absolute Gasteiger partial charge is 0.466 e. The number of halogens is 1. The van der Waals surface area contributed by atoms with Crippen molar-refractivity contribution >= 4 is 15.9 Å². The van der Waals surface area contributed by atoms with Crippen molar-refractivity contribution in [1.82, 2.24) is 4.90 Å². The minimum absolute atomic E-state index is 0.238. The van der Waals surface area contributed by atoms with Crippen LogP contribution in [0.25, 0.3) is 0 Å². The zero-order valence-corrected chi connectivity index (χ0v) is 12.2. The fourth-order valence-electron chi connectivity index (χ4n) is 3.77. The van der Waals surface area contributed by atoms with Crippen LogP contribution in [0.1, 0.15) is 43.9 Å². The zero-order valence-electron chi connectivity index (χ0n) is 10.6. The Balaban J connectivity index is 1.82. The molecule has 4 heteroatoms. The maximum absolute atomic E-state index is 6.01. The van der Waals surface area contributed by atoms with Crippen molar-refractivity contribution in [3.63, 3.8) is 0 Å². The van der Waals surface area contributed by atoms with Gasteiger partial charge in [0.1, 0.15) is 5.76 Å². The summed E-state index contributed by atoms with van der Waals surface area (Å²) < 4.78 is 6.69. The number of hydrogen-bond donors (Lipinski definition) is 1. The highest BCUT2D eigenvalue weighted by molar-refractivity contribution is 9.10. The molecule has 100 valence electrons. The van der Waals surface area contributed by atoms with Gasteiger partial charge in [-0.2, -0.15) is 0 Å². The number of likely N-dealkylation sites (tertiary alicyclic amines) is 1. The van der Waals surface area contributed by atoms with E-state index in [-0.39, 0.29) is 6.04 Å². The Kier molecular flexibility index (Phi) is 3.78. The van der Waals surface area contributed by atoms with Crippen molar-refractivity contribution in [3.8, 4) is 0 Å². The highest BCUT2D eigenvalue weighted by Crippen LogP contribution is 2.41. The third-order valence-electron chi connectivity index (χ3n) is 4.62. The van der Waals surface area contributed by atoms with E-state index in [1.807, 2.05) is 6.07 Å². The average Bonchev–Trinajstić information content (AvgIpc) is 2.99. The highest BCUT2D eigenvalue weighted by Gasteiger charge is 2.40. The molecule has 0 bridgehead atoms. The first-order valence-electron chi connectivity index (χ1n) is 7.00. The second kappa shape index (κ2) is 5.35. The van der Waals surface area contributed by atoms with Crippen LogP contribution in [-0.4, -0.2) is 24.0 Å². The van der Waals surface area contributed by atoms with E-state index in [4.69, 9.17) is 10.2 Å². The summed E-state index contributed by atoms with van der Waals surface area (Å²) in [6, 6.07) is 2.93. The molecule has 0 spiro atoms. The van der Waals surface area contributed by atoms with E-state index in [1.54, 1.807) is 6.26 Å². The average molecular weight is 313 g/mol. The monoisotopic (exact) mass is 312 g/mol. The molecule has 18 heavy (non-hydrogen) atoms. The molecule has 1 saturated heterocycles. The van der Waals surface area contributed by atoms with E-state index in [9.17, 15) is 0 Å². The summed E-state index contributed by atoms with van der Waals surface area (Å²) in [5.41, 5.74) is 6.01. The second-order valence-electron chi connectivity index (χ2n) is 5.52. The molecule has 1 aromatic rings. The van der Waals surface area contributed by atoms with E-state index in [0.29, 0.717) is 6.54 Å². The van der Waals surface area contributed by atoms with Gasteiger partial charge in [0.25, 0.3) is 0 Å². The summed E-state index contributed by atoms with van der Waals surface area (Å²) in [6.07, 6.45) is 8.59. The Bertz CT molecular complexity index is 406. The first-order valence-corrected chi connectivity index (χ1v) is 7.79. The number of rotatable bonds is 3. The number of fused-ring (bicyclic) bond motifs is 1. The number of furan rings is 1. The van der Waals surface area contributed by atoms with Crippen molar-refractivity contribution < 1.29 is 4.42 Å². The van der Waals surface area contributed by atoms with Gasteiger partial charge in [0, 0.05) is 12.6 Å². The van der Waals surface area contributed by atoms with E-state index < -0.39 is 0 Å². The number of nitrogens with two attached hydrogens (primary N) is 1. The van der Waals surface area contributed by atoms with Crippen LogP contribution < -0.4 is 5.73 Å². The van der Waals surface area contributed by atoms with E-state index in [1.165, 1.54) is 38.6 Å². The number of hydrogen-bond acceptors (Lipinski definition) is 3. The van der Waals surface area contributed by atoms with Crippen molar-refractivity contribution in [2.24, 2.45) is 11.7 Å². The molecule has 3 atom stereocenters. The first kappa shape index (κ1) is 12.7. The van der Waals surface area contributed by atoms with Gasteiger partial charge in [-0.05, 0) is 53.7 Å². The minimum Gasteiger partial charge on any atom is -0.466 e. The van der Waals surface area contributed by atoms with Gasteiger partial charge in [0.2, 0.25) is 0 Å². The predicted octanol–water partition coefficient (Wildman–Crippen LogP) is 3.31. The molecular weight excluding hydrogens is 292 g/mol. The van der Waals surface area contributed by atoms with Gasteiger partial charge < -0.3 is 10.2 Å². The second-order valence-corrected chi connectivity index (χ2v) is 6.38. The molecule has 1 saturated carbocycles. The minimum atomic E-state index is 0.238. The Hall–Kier alpha value is -0.320. The van der Waals surface area contributed by atoms with Crippen LogP contribution in [0.15, 0.2) is 21.2 Å². The van der Waals surface area contributed by atoms with Crippen LogP contribution in [0.5, 0.6) is 0 Å². The molecule has 2 heterocycles. The van der Waals surface area contributed by atoms with Crippen LogP contribution in [0.3, 0.4) is 0 Å². The lowest BCUT2D eigenvalue weighted by Gasteiger charge is -2.35. The summed E-state index contributed by atoms with van der Waals surface area (Å²) in [5.74, 6) is 1.89. The molecule has 2 N–H and O–H groups in total. The summed E-state index contributed by atoms with van der Waals surface area (Å²) >= 11 is 3.57. The molecule has 0 aromatic carbocycles. The van der Waals surface area contributed by atoms with E-state index in [0.717, 1.165) is 22.2 Å². The van der Waals surface area contributed by atoms with Gasteiger partial charge in [-0.1, -0.05) is 12.8 Å². The lowest BCUT2D eigenvalue weighted by Crippen LogP contribution is -2.40. The van der Waals surface area contributed by atoms with Crippen LogP contribution in [0, 0.1) is 5.92 Å². The molecule has 3 rings (SSSR count). The smallest absolute Gasteiger partial charge is 0.136 e. The zero-order chi connectivity index (χ0) is 12.5. The lowest BCUT2D eigenvalue weighted by molar-refractivity contribution is 0.121. The third-order valence-corrected chi connectivity index (χ3v) is 5.28. The predicted molar refractivity (Wildman–Crippen MR) is 75.3 cm³/mol. The van der Waals surface area contributed by atoms with Crippen LogP contribution in [0.4, 0.5) is 0 Å². The molecule has 2 fully saturated rings. The maximum atomic E-state index is 6.01. The third kappa shape index (κ3) is 2.15.